The number of halogens is 7. The first-order valence-corrected chi connectivity index (χ1v) is 17.3. The van der Waals surface area contributed by atoms with Crippen LogP contribution in [-0.4, -0.2) is 119 Å². The summed E-state index contributed by atoms with van der Waals surface area (Å²) in [4.78, 5) is 34.3. The van der Waals surface area contributed by atoms with Crippen LogP contribution in [0, 0.1) is 5.82 Å². The predicted octanol–water partition coefficient (Wildman–Crippen LogP) is 1.01. The van der Waals surface area contributed by atoms with Crippen molar-refractivity contribution in [1.29, 1.82) is 0 Å². The van der Waals surface area contributed by atoms with Crippen LogP contribution in [0.5, 0.6) is 0 Å². The summed E-state index contributed by atoms with van der Waals surface area (Å²) in [6.07, 6.45) is -18.5. The molecule has 0 amide bonds. The van der Waals surface area contributed by atoms with E-state index < -0.39 is 97.8 Å². The van der Waals surface area contributed by atoms with E-state index in [1.54, 1.807) is 11.9 Å². The number of morpholine rings is 1. The van der Waals surface area contributed by atoms with Crippen LogP contribution in [0.2, 0.25) is 0 Å². The van der Waals surface area contributed by atoms with Crippen LogP contribution in [-0.2, 0) is 32.9 Å². The van der Waals surface area contributed by atoms with Gasteiger partial charge in [-0.2, -0.15) is 26.3 Å². The van der Waals surface area contributed by atoms with Crippen LogP contribution in [0.4, 0.5) is 30.7 Å². The molecule has 1 fully saturated rings. The van der Waals surface area contributed by atoms with Crippen molar-refractivity contribution < 1.29 is 80.1 Å². The standard InChI is InChI=1S/C23H22F7N4O6P.C7H17NO5/c1-12(14-8-15(22(25,26)27)10-16(9-14)23(28,29)30)40-20-19(13-2-4-17(24)5-3-13)33(6-7-39-20)11-18-31-21(35)34(32-18)41(36,37)38;1-8-2-4(10)6(12)7(13)5(11)3-9/h2-5,8-10,12,19-20H,6-7,11H2,1H3,(H,31,32,35)(H2,36,37,38);4-13H,2-3H2,1H3/t12?,19-,20+;/m0./s1. The Labute approximate surface area is 301 Å². The lowest BCUT2D eigenvalue weighted by Crippen LogP contribution is -2.48. The minimum absolute atomic E-state index is 0.00603. The zero-order valence-corrected chi connectivity index (χ0v) is 29.2. The molecule has 1 aliphatic rings. The summed E-state index contributed by atoms with van der Waals surface area (Å²) in [6, 6.07) is 5.01. The van der Waals surface area contributed by atoms with Crippen LogP contribution in [0.25, 0.3) is 0 Å². The Kier molecular flexibility index (Phi) is 15.5. The molecule has 0 radical (unpaired) electrons. The van der Waals surface area contributed by atoms with Gasteiger partial charge in [-0.05, 0) is 55.4 Å². The molecule has 2 aromatic carbocycles. The third kappa shape index (κ3) is 12.1. The second kappa shape index (κ2) is 18.5. The van der Waals surface area contributed by atoms with Gasteiger partial charge in [0.05, 0.1) is 49.1 Å². The summed E-state index contributed by atoms with van der Waals surface area (Å²) >= 11 is 0. The second-order valence-electron chi connectivity index (χ2n) is 12.0. The van der Waals surface area contributed by atoms with E-state index >= 15 is 0 Å². The van der Waals surface area contributed by atoms with Gasteiger partial charge in [0.25, 0.3) is 0 Å². The number of aromatic amines is 1. The number of rotatable bonds is 13. The Bertz CT molecular complexity index is 1730. The van der Waals surface area contributed by atoms with Gasteiger partial charge in [0.15, 0.2) is 6.29 Å². The maximum Gasteiger partial charge on any atom is 0.454 e. The van der Waals surface area contributed by atoms with Gasteiger partial charge in [0, 0.05) is 13.1 Å². The number of likely N-dealkylation sites (N-methyl/N-ethyl adjacent to an activating group) is 1. The smallest absolute Gasteiger partial charge is 0.394 e. The van der Waals surface area contributed by atoms with Crippen LogP contribution < -0.4 is 11.0 Å². The molecule has 2 heterocycles. The topological polar surface area (TPSA) is 243 Å². The van der Waals surface area contributed by atoms with Gasteiger partial charge in [-0.1, -0.05) is 12.1 Å². The minimum atomic E-state index is -5.07. The lowest BCUT2D eigenvalue weighted by atomic mass is 10.0. The van der Waals surface area contributed by atoms with Crippen LogP contribution in [0.15, 0.2) is 47.3 Å². The molecule has 9 N–H and O–H groups in total. The Hall–Kier alpha value is -3.32. The molecule has 0 saturated carbocycles. The van der Waals surface area contributed by atoms with Gasteiger partial charge < -0.3 is 50.1 Å². The van der Waals surface area contributed by atoms with Gasteiger partial charge >= 0.3 is 25.8 Å². The monoisotopic (exact) mass is 809 g/mol. The maximum absolute atomic E-state index is 13.7. The molecule has 24 heteroatoms. The quantitative estimate of drug-likeness (QED) is 0.0865. The van der Waals surface area contributed by atoms with Crippen molar-refractivity contribution in [1.82, 2.24) is 24.8 Å². The van der Waals surface area contributed by atoms with E-state index in [4.69, 9.17) is 29.9 Å². The predicted molar refractivity (Wildman–Crippen MR) is 171 cm³/mol. The van der Waals surface area contributed by atoms with Crippen molar-refractivity contribution in [3.63, 3.8) is 0 Å². The van der Waals surface area contributed by atoms with E-state index in [1.165, 1.54) is 19.1 Å². The summed E-state index contributed by atoms with van der Waals surface area (Å²) in [7, 11) is -3.50. The largest absolute Gasteiger partial charge is 0.454 e. The molecule has 0 spiro atoms. The Morgan fingerprint density at radius 3 is 2.04 bits per heavy atom. The zero-order chi connectivity index (χ0) is 40.8. The molecule has 54 heavy (non-hydrogen) atoms. The SMILES string of the molecule is CC(O[C@H]1OCCN(Cc2nn(P(=O)(O)O)c(=O)[nH]2)[C@H]1c1ccc(F)cc1)c1cc(C(F)(F)F)cc(C(F)(F)F)c1.CNCC(O)C(O)C(O)C(O)CO. The molecule has 0 aliphatic carbocycles. The number of nitrogens with zero attached hydrogens (tertiary/aromatic N) is 3. The van der Waals surface area contributed by atoms with Gasteiger partial charge in [-0.15, -0.1) is 9.55 Å². The van der Waals surface area contributed by atoms with E-state index in [9.17, 15) is 55.0 Å². The molecule has 304 valence electrons. The molecule has 1 aromatic heterocycles. The number of ether oxygens (including phenoxy) is 2. The van der Waals surface area contributed by atoms with Crippen molar-refractivity contribution >= 4 is 7.75 Å². The second-order valence-corrected chi connectivity index (χ2v) is 13.4. The van der Waals surface area contributed by atoms with Crippen LogP contribution >= 0.6 is 7.75 Å². The van der Waals surface area contributed by atoms with Gasteiger partial charge in [0.1, 0.15) is 30.0 Å². The van der Waals surface area contributed by atoms with E-state index in [2.05, 4.69) is 15.4 Å². The first kappa shape index (κ1) is 45.1. The fourth-order valence-electron chi connectivity index (χ4n) is 5.19. The summed E-state index contributed by atoms with van der Waals surface area (Å²) in [5, 5.41) is 51.1. The van der Waals surface area contributed by atoms with E-state index in [1.807, 2.05) is 0 Å². The lowest BCUT2D eigenvalue weighted by molar-refractivity contribution is -0.231. The molecule has 0 bridgehead atoms. The van der Waals surface area contributed by atoms with Crippen LogP contribution in [0.1, 0.15) is 47.1 Å². The first-order chi connectivity index (χ1) is 25.0. The number of hydrogen-bond donors (Lipinski definition) is 9. The molecule has 1 saturated heterocycles. The summed E-state index contributed by atoms with van der Waals surface area (Å²) < 4.78 is 117. The van der Waals surface area contributed by atoms with Crippen molar-refractivity contribution in [2.75, 3.05) is 33.4 Å². The lowest BCUT2D eigenvalue weighted by Gasteiger charge is -2.41. The number of aliphatic hydroxyl groups is 5. The maximum atomic E-state index is 13.7. The van der Waals surface area contributed by atoms with Crippen molar-refractivity contribution in [2.45, 2.75) is 68.7 Å². The first-order valence-electron chi connectivity index (χ1n) is 15.8. The van der Waals surface area contributed by atoms with Crippen molar-refractivity contribution in [2.24, 2.45) is 0 Å². The number of hydrogen-bond acceptors (Lipinski definition) is 12. The summed E-state index contributed by atoms with van der Waals surface area (Å²) in [5.74, 6) is -0.775. The number of nitrogens with one attached hydrogen (secondary N) is 2. The van der Waals surface area contributed by atoms with Crippen molar-refractivity contribution in [3.8, 4) is 0 Å². The number of benzene rings is 2. The highest BCUT2D eigenvalue weighted by molar-refractivity contribution is 7.49. The summed E-state index contributed by atoms with van der Waals surface area (Å²) in [6.45, 7) is 0.473. The molecule has 4 rings (SSSR count). The van der Waals surface area contributed by atoms with E-state index in [0.717, 1.165) is 12.1 Å². The molecule has 5 unspecified atom stereocenters. The van der Waals surface area contributed by atoms with E-state index in [0.29, 0.717) is 17.7 Å². The summed E-state index contributed by atoms with van der Waals surface area (Å²) in [5.41, 5.74) is -4.31. The zero-order valence-electron chi connectivity index (χ0n) is 28.3. The highest BCUT2D eigenvalue weighted by Crippen LogP contribution is 2.40. The van der Waals surface area contributed by atoms with Gasteiger partial charge in [0.2, 0.25) is 0 Å². The number of aliphatic hydroxyl groups excluding tert-OH is 5. The van der Waals surface area contributed by atoms with Gasteiger partial charge in [-0.25, -0.2) is 13.8 Å². The number of H-pyrrole nitrogens is 1. The number of alkyl halides is 6. The van der Waals surface area contributed by atoms with Crippen molar-refractivity contribution in [3.05, 3.63) is 86.8 Å². The third-order valence-electron chi connectivity index (χ3n) is 7.93. The Morgan fingerprint density at radius 1 is 1.00 bits per heavy atom. The molecule has 1 aliphatic heterocycles. The normalized spacial score (nSPS) is 20.1. The highest BCUT2D eigenvalue weighted by Gasteiger charge is 2.40. The molecular formula is C30H39F7N5O11P. The number of aromatic nitrogens is 3. The fraction of sp³-hybridized carbons (Fsp3) is 0.533. The van der Waals surface area contributed by atoms with Crippen LogP contribution in [0.3, 0.4) is 0 Å². The average molecular weight is 810 g/mol. The molecular weight excluding hydrogens is 770 g/mol. The fourth-order valence-corrected chi connectivity index (χ4v) is 5.70. The Morgan fingerprint density at radius 2 is 1.56 bits per heavy atom. The molecule has 7 atom stereocenters. The highest BCUT2D eigenvalue weighted by atomic mass is 31.2. The average Bonchev–Trinajstić information content (AvgIpc) is 3.47. The minimum Gasteiger partial charge on any atom is -0.394 e. The Balaban J connectivity index is 0.000000515. The third-order valence-corrected chi connectivity index (χ3v) is 8.69. The van der Waals surface area contributed by atoms with E-state index in [-0.39, 0.29) is 42.6 Å². The molecule has 3 aromatic rings. The van der Waals surface area contributed by atoms with Gasteiger partial charge in [-0.3, -0.25) is 9.88 Å². The molecule has 16 nitrogen and oxygen atoms in total.